The van der Waals surface area contributed by atoms with Crippen molar-refractivity contribution in [3.63, 3.8) is 0 Å². The van der Waals surface area contributed by atoms with Crippen molar-refractivity contribution >= 4 is 17.6 Å². The molecule has 2 N–H and O–H groups in total. The van der Waals surface area contributed by atoms with Crippen molar-refractivity contribution in [3.05, 3.63) is 24.3 Å². The normalized spacial score (nSPS) is 22.7. The van der Waals surface area contributed by atoms with Crippen molar-refractivity contribution < 1.29 is 19.4 Å². The van der Waals surface area contributed by atoms with Crippen LogP contribution in [0.4, 0.5) is 5.69 Å². The molecule has 1 amide bonds. The molecule has 1 fully saturated rings. The zero-order valence-corrected chi connectivity index (χ0v) is 12.7. The first-order valence-corrected chi connectivity index (χ1v) is 7.04. The van der Waals surface area contributed by atoms with Crippen LogP contribution in [-0.2, 0) is 9.59 Å². The fourth-order valence-electron chi connectivity index (χ4n) is 2.73. The molecule has 1 aromatic rings. The fourth-order valence-corrected chi connectivity index (χ4v) is 2.73. The highest BCUT2D eigenvalue weighted by molar-refractivity contribution is 6.00. The molecule has 21 heavy (non-hydrogen) atoms. The first-order chi connectivity index (χ1) is 9.75. The van der Waals surface area contributed by atoms with E-state index in [4.69, 9.17) is 9.84 Å². The van der Waals surface area contributed by atoms with Gasteiger partial charge in [-0.1, -0.05) is 26.0 Å². The van der Waals surface area contributed by atoms with Gasteiger partial charge in [-0.25, -0.2) is 0 Å². The Morgan fingerprint density at radius 1 is 1.24 bits per heavy atom. The Balaban J connectivity index is 2.13. The Morgan fingerprint density at radius 2 is 1.86 bits per heavy atom. The van der Waals surface area contributed by atoms with Crippen LogP contribution in [0.3, 0.4) is 0 Å². The Labute approximate surface area is 124 Å². The largest absolute Gasteiger partial charge is 0.489 e. The highest BCUT2D eigenvalue weighted by atomic mass is 16.5. The summed E-state index contributed by atoms with van der Waals surface area (Å²) >= 11 is 0. The van der Waals surface area contributed by atoms with Crippen molar-refractivity contribution in [2.45, 2.75) is 33.8 Å². The second-order valence-corrected chi connectivity index (χ2v) is 6.27. The van der Waals surface area contributed by atoms with E-state index in [0.717, 1.165) is 0 Å². The molecular formula is C16H21NO4. The lowest BCUT2D eigenvalue weighted by Crippen LogP contribution is -2.19. The number of aliphatic carboxylic acids is 1. The summed E-state index contributed by atoms with van der Waals surface area (Å²) in [5, 5.41) is 11.9. The fraction of sp³-hybridized carbons (Fsp3) is 0.500. The number of benzene rings is 1. The highest BCUT2D eigenvalue weighted by Crippen LogP contribution is 2.58. The Morgan fingerprint density at radius 3 is 2.38 bits per heavy atom. The number of nitrogens with one attached hydrogen (secondary N) is 1. The molecule has 0 aliphatic heterocycles. The second kappa shape index (κ2) is 5.39. The summed E-state index contributed by atoms with van der Waals surface area (Å²) < 4.78 is 5.64. The number of amides is 1. The number of para-hydroxylation sites is 2. The van der Waals surface area contributed by atoms with E-state index < -0.39 is 23.2 Å². The molecule has 1 aliphatic rings. The van der Waals surface area contributed by atoms with Crippen LogP contribution in [0.2, 0.25) is 0 Å². The number of carboxylic acid groups (broad SMARTS) is 1. The maximum Gasteiger partial charge on any atom is 0.307 e. The minimum absolute atomic E-state index is 0.00724. The van der Waals surface area contributed by atoms with Gasteiger partial charge in [-0.3, -0.25) is 9.59 Å². The van der Waals surface area contributed by atoms with Crippen LogP contribution in [0.25, 0.3) is 0 Å². The first-order valence-electron chi connectivity index (χ1n) is 7.04. The van der Waals surface area contributed by atoms with E-state index in [1.165, 1.54) is 0 Å². The van der Waals surface area contributed by atoms with Crippen LogP contribution in [0.15, 0.2) is 24.3 Å². The number of carboxylic acids is 1. The van der Waals surface area contributed by atoms with Gasteiger partial charge in [0.1, 0.15) is 5.75 Å². The molecule has 2 rings (SSSR count). The summed E-state index contributed by atoms with van der Waals surface area (Å²) in [5.41, 5.74) is 0.0621. The molecule has 5 heteroatoms. The van der Waals surface area contributed by atoms with Crippen molar-refractivity contribution in [3.8, 4) is 5.75 Å². The zero-order valence-electron chi connectivity index (χ0n) is 12.7. The van der Waals surface area contributed by atoms with Crippen LogP contribution in [0.1, 0.15) is 27.7 Å². The van der Waals surface area contributed by atoms with Crippen LogP contribution < -0.4 is 10.1 Å². The summed E-state index contributed by atoms with van der Waals surface area (Å²) in [4.78, 5) is 23.5. The Hall–Kier alpha value is -2.04. The number of hydrogen-bond acceptors (Lipinski definition) is 3. The molecule has 1 aromatic carbocycles. The third kappa shape index (κ3) is 3.01. The van der Waals surface area contributed by atoms with Crippen molar-refractivity contribution in [2.24, 2.45) is 17.3 Å². The van der Waals surface area contributed by atoms with Crippen LogP contribution in [-0.4, -0.2) is 23.1 Å². The second-order valence-electron chi connectivity index (χ2n) is 6.27. The van der Waals surface area contributed by atoms with Gasteiger partial charge in [-0.15, -0.1) is 0 Å². The van der Waals surface area contributed by atoms with Gasteiger partial charge in [0.25, 0.3) is 0 Å². The Kier molecular flexibility index (Phi) is 3.94. The molecule has 5 nitrogen and oxygen atoms in total. The minimum Gasteiger partial charge on any atom is -0.489 e. The summed E-state index contributed by atoms with van der Waals surface area (Å²) in [6, 6.07) is 7.16. The predicted molar refractivity (Wildman–Crippen MR) is 79.2 cm³/mol. The summed E-state index contributed by atoms with van der Waals surface area (Å²) in [6.07, 6.45) is -0.00724. The van der Waals surface area contributed by atoms with Gasteiger partial charge in [-0.2, -0.15) is 0 Å². The van der Waals surface area contributed by atoms with E-state index in [1.54, 1.807) is 32.0 Å². The molecule has 0 aromatic heterocycles. The summed E-state index contributed by atoms with van der Waals surface area (Å²) in [6.45, 7) is 7.41. The van der Waals surface area contributed by atoms with E-state index in [9.17, 15) is 9.59 Å². The standard InChI is InChI=1S/C16H21NO4/c1-9(2)21-11-8-6-5-7-10(11)17-14(18)12-13(15(19)20)16(12,3)4/h5-9,12-13H,1-4H3,(H,17,18)(H,19,20)/t12-,13+/m1/s1. The van der Waals surface area contributed by atoms with Gasteiger partial charge >= 0.3 is 5.97 Å². The number of carbonyl (C=O) groups is 2. The summed E-state index contributed by atoms with van der Waals surface area (Å²) in [7, 11) is 0. The number of ether oxygens (including phenoxy) is 1. The van der Waals surface area contributed by atoms with Crippen molar-refractivity contribution in [1.82, 2.24) is 0 Å². The molecule has 0 spiro atoms. The number of carbonyl (C=O) groups excluding carboxylic acids is 1. The highest BCUT2D eigenvalue weighted by Gasteiger charge is 2.65. The van der Waals surface area contributed by atoms with Crippen LogP contribution in [0, 0.1) is 17.3 Å². The molecule has 114 valence electrons. The molecule has 0 heterocycles. The number of hydrogen-bond donors (Lipinski definition) is 2. The van der Waals surface area contributed by atoms with Gasteiger partial charge in [0.05, 0.1) is 23.6 Å². The van der Waals surface area contributed by atoms with E-state index in [0.29, 0.717) is 11.4 Å². The predicted octanol–water partition coefficient (Wildman–Crippen LogP) is 2.77. The monoisotopic (exact) mass is 291 g/mol. The zero-order chi connectivity index (χ0) is 15.8. The third-order valence-corrected chi connectivity index (χ3v) is 3.88. The molecule has 0 bridgehead atoms. The molecule has 2 atom stereocenters. The lowest BCUT2D eigenvalue weighted by atomic mass is 10.1. The van der Waals surface area contributed by atoms with Crippen molar-refractivity contribution in [1.29, 1.82) is 0 Å². The molecule has 1 aliphatic carbocycles. The van der Waals surface area contributed by atoms with Gasteiger partial charge in [0.2, 0.25) is 5.91 Å². The van der Waals surface area contributed by atoms with Gasteiger partial charge in [0, 0.05) is 0 Å². The smallest absolute Gasteiger partial charge is 0.307 e. The van der Waals surface area contributed by atoms with E-state index in [-0.39, 0.29) is 12.0 Å². The molecule has 0 unspecified atom stereocenters. The number of rotatable bonds is 5. The topological polar surface area (TPSA) is 75.6 Å². The molecular weight excluding hydrogens is 270 g/mol. The van der Waals surface area contributed by atoms with Gasteiger partial charge < -0.3 is 15.2 Å². The van der Waals surface area contributed by atoms with Crippen molar-refractivity contribution in [2.75, 3.05) is 5.32 Å². The van der Waals surface area contributed by atoms with Gasteiger partial charge in [-0.05, 0) is 31.4 Å². The minimum atomic E-state index is -0.924. The first kappa shape index (κ1) is 15.4. The average molecular weight is 291 g/mol. The maximum atomic E-state index is 12.3. The van der Waals surface area contributed by atoms with E-state index in [1.807, 2.05) is 19.9 Å². The maximum absolute atomic E-state index is 12.3. The molecule has 0 radical (unpaired) electrons. The van der Waals surface area contributed by atoms with Crippen LogP contribution >= 0.6 is 0 Å². The third-order valence-electron chi connectivity index (χ3n) is 3.88. The van der Waals surface area contributed by atoms with E-state index >= 15 is 0 Å². The van der Waals surface area contributed by atoms with Gasteiger partial charge in [0.15, 0.2) is 0 Å². The average Bonchev–Trinajstić information content (AvgIpc) is 2.94. The summed E-state index contributed by atoms with van der Waals surface area (Å²) in [5.74, 6) is -1.75. The quantitative estimate of drug-likeness (QED) is 0.874. The Bertz CT molecular complexity index is 565. The molecule has 0 saturated heterocycles. The van der Waals surface area contributed by atoms with Crippen LogP contribution in [0.5, 0.6) is 5.75 Å². The lowest BCUT2D eigenvalue weighted by molar-refractivity contribution is -0.140. The van der Waals surface area contributed by atoms with E-state index in [2.05, 4.69) is 5.32 Å². The SMILES string of the molecule is CC(C)Oc1ccccc1NC(=O)[C@H]1[C@@H](C(=O)O)C1(C)C. The number of anilines is 1. The molecule has 1 saturated carbocycles. The lowest BCUT2D eigenvalue weighted by Gasteiger charge is -2.15.